The molecule has 39 heavy (non-hydrogen) atoms. The van der Waals surface area contributed by atoms with Crippen LogP contribution >= 0.6 is 0 Å². The fourth-order valence-corrected chi connectivity index (χ4v) is 4.95. The Bertz CT molecular complexity index is 1470. The molecule has 2 amide bonds. The van der Waals surface area contributed by atoms with Gasteiger partial charge in [-0.05, 0) is 54.7 Å². The lowest BCUT2D eigenvalue weighted by atomic mass is 9.89. The molecule has 2 N–H and O–H groups in total. The number of rotatable bonds is 7. The maximum absolute atomic E-state index is 13.2. The summed E-state index contributed by atoms with van der Waals surface area (Å²) >= 11 is 0. The van der Waals surface area contributed by atoms with Gasteiger partial charge in [-0.1, -0.05) is 24.3 Å². The van der Waals surface area contributed by atoms with Crippen LogP contribution in [0.1, 0.15) is 57.2 Å². The van der Waals surface area contributed by atoms with Crippen molar-refractivity contribution in [1.29, 1.82) is 0 Å². The lowest BCUT2D eigenvalue weighted by Gasteiger charge is -2.32. The summed E-state index contributed by atoms with van der Waals surface area (Å²) in [5.41, 5.74) is 3.36. The number of H-pyrrole nitrogens is 1. The van der Waals surface area contributed by atoms with Crippen molar-refractivity contribution in [2.24, 2.45) is 7.05 Å². The molecule has 0 bridgehead atoms. The maximum atomic E-state index is 13.2. The van der Waals surface area contributed by atoms with Gasteiger partial charge in [-0.3, -0.25) is 14.3 Å². The van der Waals surface area contributed by atoms with Crippen LogP contribution in [-0.4, -0.2) is 51.7 Å². The summed E-state index contributed by atoms with van der Waals surface area (Å²) in [6.45, 7) is 1.28. The van der Waals surface area contributed by atoms with Gasteiger partial charge < -0.3 is 19.9 Å². The molecule has 202 valence electrons. The summed E-state index contributed by atoms with van der Waals surface area (Å²) < 4.78 is 32.9. The van der Waals surface area contributed by atoms with Crippen molar-refractivity contribution in [3.63, 3.8) is 0 Å². The third-order valence-corrected chi connectivity index (χ3v) is 7.04. The third kappa shape index (κ3) is 5.69. The molecule has 0 spiro atoms. The molecule has 2 aromatic carbocycles. The van der Waals surface area contributed by atoms with E-state index in [4.69, 9.17) is 4.74 Å². The first-order chi connectivity index (χ1) is 18.8. The standard InChI is InChI=1S/C29H29F2N5O3/c1-35-17-24(26(34-35)27(30)31)28(37)33-22-8-6-18(7-9-22)19-10-12-36(13-11-19)29(38)21-15-25(32-16-21)20-4-3-5-23(14-20)39-2/h3-9,14-17,19,27,32H,10-13H2,1-2H3,(H,33,37). The number of carbonyl (C=O) groups excluding carboxylic acids is 2. The average molecular weight is 534 g/mol. The maximum Gasteiger partial charge on any atom is 0.282 e. The highest BCUT2D eigenvalue weighted by atomic mass is 19.3. The normalized spacial score (nSPS) is 14.0. The van der Waals surface area contributed by atoms with Gasteiger partial charge in [-0.2, -0.15) is 5.10 Å². The second-order valence-electron chi connectivity index (χ2n) is 9.58. The molecule has 4 aromatic rings. The summed E-state index contributed by atoms with van der Waals surface area (Å²) in [4.78, 5) is 30.7. The number of anilines is 1. The zero-order chi connectivity index (χ0) is 27.5. The van der Waals surface area contributed by atoms with E-state index in [1.807, 2.05) is 47.4 Å². The van der Waals surface area contributed by atoms with Crippen LogP contribution in [0.25, 0.3) is 11.3 Å². The SMILES string of the molecule is COc1cccc(-c2cc(C(=O)N3CCC(c4ccc(NC(=O)c5cn(C)nc5C(F)F)cc4)CC3)c[nH]2)c1. The highest BCUT2D eigenvalue weighted by Gasteiger charge is 2.26. The van der Waals surface area contributed by atoms with Gasteiger partial charge in [0.2, 0.25) is 0 Å². The van der Waals surface area contributed by atoms with Crippen LogP contribution in [0.15, 0.2) is 67.0 Å². The molecule has 1 saturated heterocycles. The largest absolute Gasteiger partial charge is 0.497 e. The van der Waals surface area contributed by atoms with E-state index in [-0.39, 0.29) is 17.4 Å². The summed E-state index contributed by atoms with van der Waals surface area (Å²) in [6, 6.07) is 16.9. The first-order valence-electron chi connectivity index (χ1n) is 12.7. The second-order valence-corrected chi connectivity index (χ2v) is 9.58. The molecule has 0 radical (unpaired) electrons. The minimum Gasteiger partial charge on any atom is -0.497 e. The number of aromatic amines is 1. The van der Waals surface area contributed by atoms with Gasteiger partial charge in [-0.15, -0.1) is 0 Å². The zero-order valence-electron chi connectivity index (χ0n) is 21.7. The predicted molar refractivity (Wildman–Crippen MR) is 143 cm³/mol. The minimum absolute atomic E-state index is 0.00419. The number of likely N-dealkylation sites (tertiary alicyclic amines) is 1. The van der Waals surface area contributed by atoms with Crippen molar-refractivity contribution < 1.29 is 23.1 Å². The zero-order valence-corrected chi connectivity index (χ0v) is 21.7. The Balaban J connectivity index is 1.17. The minimum atomic E-state index is -2.83. The Labute approximate surface area is 224 Å². The number of aryl methyl sites for hydroxylation is 1. The van der Waals surface area contributed by atoms with Gasteiger partial charge in [0.1, 0.15) is 11.4 Å². The molecular formula is C29H29F2N5O3. The number of nitrogens with one attached hydrogen (secondary N) is 2. The fourth-order valence-electron chi connectivity index (χ4n) is 4.95. The monoisotopic (exact) mass is 533 g/mol. The molecule has 1 aliphatic rings. The van der Waals surface area contributed by atoms with E-state index in [2.05, 4.69) is 15.4 Å². The van der Waals surface area contributed by atoms with Gasteiger partial charge in [0.25, 0.3) is 18.2 Å². The number of ether oxygens (including phenoxy) is 1. The highest BCUT2D eigenvalue weighted by Crippen LogP contribution is 2.31. The van der Waals surface area contributed by atoms with Crippen LogP contribution in [-0.2, 0) is 7.05 Å². The van der Waals surface area contributed by atoms with E-state index in [0.29, 0.717) is 24.3 Å². The van der Waals surface area contributed by atoms with Gasteiger partial charge in [-0.25, -0.2) is 8.78 Å². The van der Waals surface area contributed by atoms with E-state index < -0.39 is 18.0 Å². The predicted octanol–water partition coefficient (Wildman–Crippen LogP) is 5.63. The Morgan fingerprint density at radius 2 is 1.85 bits per heavy atom. The second kappa shape index (κ2) is 11.1. The highest BCUT2D eigenvalue weighted by molar-refractivity contribution is 6.05. The lowest BCUT2D eigenvalue weighted by Crippen LogP contribution is -2.37. The lowest BCUT2D eigenvalue weighted by molar-refractivity contribution is 0.0713. The quantitative estimate of drug-likeness (QED) is 0.322. The first kappa shape index (κ1) is 26.1. The van der Waals surface area contributed by atoms with E-state index in [1.165, 1.54) is 17.9 Å². The van der Waals surface area contributed by atoms with Crippen molar-refractivity contribution in [3.05, 3.63) is 89.4 Å². The van der Waals surface area contributed by atoms with Crippen LogP contribution in [0.2, 0.25) is 0 Å². The summed E-state index contributed by atoms with van der Waals surface area (Å²) in [7, 11) is 3.12. The number of alkyl halides is 2. The van der Waals surface area contributed by atoms with Gasteiger partial charge >= 0.3 is 0 Å². The number of amides is 2. The van der Waals surface area contributed by atoms with Crippen molar-refractivity contribution >= 4 is 17.5 Å². The Morgan fingerprint density at radius 1 is 1.10 bits per heavy atom. The topological polar surface area (TPSA) is 92.2 Å². The summed E-state index contributed by atoms with van der Waals surface area (Å²) in [5, 5.41) is 6.35. The molecule has 8 nitrogen and oxygen atoms in total. The van der Waals surface area contributed by atoms with Gasteiger partial charge in [0.15, 0.2) is 0 Å². The Hall–Kier alpha value is -4.47. The van der Waals surface area contributed by atoms with Crippen LogP contribution < -0.4 is 10.1 Å². The number of nitrogens with zero attached hydrogens (tertiary/aromatic N) is 3. The van der Waals surface area contributed by atoms with Crippen LogP contribution in [0.5, 0.6) is 5.75 Å². The molecule has 0 aliphatic carbocycles. The molecule has 1 fully saturated rings. The molecule has 5 rings (SSSR count). The number of methoxy groups -OCH3 is 1. The van der Waals surface area contributed by atoms with Crippen LogP contribution in [0, 0.1) is 0 Å². The van der Waals surface area contributed by atoms with Crippen molar-refractivity contribution in [2.45, 2.75) is 25.2 Å². The number of carbonyl (C=O) groups is 2. The van der Waals surface area contributed by atoms with E-state index in [0.717, 1.165) is 35.4 Å². The smallest absolute Gasteiger partial charge is 0.282 e. The molecule has 1 aliphatic heterocycles. The molecule has 0 unspecified atom stereocenters. The average Bonchev–Trinajstić information content (AvgIpc) is 3.61. The number of benzene rings is 2. The van der Waals surface area contributed by atoms with E-state index in [1.54, 1.807) is 25.4 Å². The first-order valence-corrected chi connectivity index (χ1v) is 12.7. The number of hydrogen-bond acceptors (Lipinski definition) is 4. The van der Waals surface area contributed by atoms with Gasteiger partial charge in [0.05, 0.1) is 18.2 Å². The van der Waals surface area contributed by atoms with Crippen molar-refractivity contribution in [3.8, 4) is 17.0 Å². The molecule has 3 heterocycles. The Kier molecular flexibility index (Phi) is 7.44. The van der Waals surface area contributed by atoms with Crippen LogP contribution in [0.3, 0.4) is 0 Å². The summed E-state index contributed by atoms with van der Waals surface area (Å²) in [5.74, 6) is 0.399. The third-order valence-electron chi connectivity index (χ3n) is 7.04. The number of hydrogen-bond donors (Lipinski definition) is 2. The van der Waals surface area contributed by atoms with Crippen LogP contribution in [0.4, 0.5) is 14.5 Å². The Morgan fingerprint density at radius 3 is 2.54 bits per heavy atom. The van der Waals surface area contributed by atoms with E-state index >= 15 is 0 Å². The van der Waals surface area contributed by atoms with Crippen molar-refractivity contribution in [1.82, 2.24) is 19.7 Å². The summed E-state index contributed by atoms with van der Waals surface area (Å²) in [6.07, 6.45) is 1.83. The molecule has 2 aromatic heterocycles. The molecule has 0 saturated carbocycles. The van der Waals surface area contributed by atoms with Gasteiger partial charge in [0, 0.05) is 49.5 Å². The number of halogens is 2. The number of aromatic nitrogens is 3. The molecule has 10 heteroatoms. The number of piperidine rings is 1. The van der Waals surface area contributed by atoms with Crippen molar-refractivity contribution in [2.75, 3.05) is 25.5 Å². The molecule has 0 atom stereocenters. The van der Waals surface area contributed by atoms with E-state index in [9.17, 15) is 18.4 Å². The molecular weight excluding hydrogens is 504 g/mol. The fraction of sp³-hybridized carbons (Fsp3) is 0.276.